The van der Waals surface area contributed by atoms with Gasteiger partial charge in [0, 0.05) is 0 Å². The normalized spacial score (nSPS) is 35.8. The van der Waals surface area contributed by atoms with E-state index in [1.54, 1.807) is 24.3 Å². The van der Waals surface area contributed by atoms with Crippen molar-refractivity contribution in [3.63, 3.8) is 0 Å². The molecule has 0 radical (unpaired) electrons. The molecule has 8 nitrogen and oxygen atoms in total. The van der Waals surface area contributed by atoms with Gasteiger partial charge in [-0.05, 0) is 5.56 Å². The second-order valence-corrected chi connectivity index (χ2v) is 5.15. The predicted octanol–water partition coefficient (Wildman–Crippen LogP) is -2.32. The molecule has 124 valence electrons. The summed E-state index contributed by atoms with van der Waals surface area (Å²) in [5, 5.41) is 57.3. The van der Waals surface area contributed by atoms with E-state index in [9.17, 15) is 20.4 Å². The Kier molecular flexibility index (Phi) is 5.84. The molecule has 0 unspecified atom stereocenters. The Bertz CT molecular complexity index is 437. The first-order valence-electron chi connectivity index (χ1n) is 6.81. The van der Waals surface area contributed by atoms with Gasteiger partial charge >= 0.3 is 0 Å². The van der Waals surface area contributed by atoms with Crippen molar-refractivity contribution in [2.75, 3.05) is 0 Å². The molecule has 0 saturated heterocycles. The zero-order valence-corrected chi connectivity index (χ0v) is 11.6. The van der Waals surface area contributed by atoms with Gasteiger partial charge in [0.15, 0.2) is 0 Å². The molecule has 1 aliphatic rings. The van der Waals surface area contributed by atoms with Crippen molar-refractivity contribution in [2.45, 2.75) is 49.7 Å². The summed E-state index contributed by atoms with van der Waals surface area (Å²) in [7, 11) is 0. The lowest BCUT2D eigenvalue weighted by Crippen LogP contribution is -2.65. The van der Waals surface area contributed by atoms with Gasteiger partial charge in [-0.3, -0.25) is 0 Å². The number of hydrogen-bond donors (Lipinski definition) is 6. The van der Waals surface area contributed by atoms with Gasteiger partial charge in [0.2, 0.25) is 0 Å². The maximum Gasteiger partial charge on any atom is 0.266 e. The monoisotopic (exact) mass is 316 g/mol. The predicted molar refractivity (Wildman–Crippen MR) is 72.1 cm³/mol. The number of benzene rings is 1. The zero-order chi connectivity index (χ0) is 16.3. The van der Waals surface area contributed by atoms with E-state index in [4.69, 9.17) is 14.9 Å². The molecule has 1 aromatic rings. The molecule has 0 spiro atoms. The number of aliphatic hydroxyl groups is 6. The van der Waals surface area contributed by atoms with E-state index in [0.717, 1.165) is 5.56 Å². The first kappa shape index (κ1) is 17.3. The fourth-order valence-electron chi connectivity index (χ4n) is 2.45. The molecule has 1 aromatic carbocycles. The molecular weight excluding hydrogens is 296 g/mol. The SMILES string of the molecule is OC(O)O[C@H]1[C@@H](O)[C@@H](O)[C@H](OCc2ccccc2)[C@@H](O)[C@@H]1O. The van der Waals surface area contributed by atoms with Gasteiger partial charge in [-0.1, -0.05) is 30.3 Å². The highest BCUT2D eigenvalue weighted by Crippen LogP contribution is 2.27. The fraction of sp³-hybridized carbons (Fsp3) is 0.571. The highest BCUT2D eigenvalue weighted by molar-refractivity contribution is 5.13. The standard InChI is InChI=1S/C14H20O8/c15-8-10(17)13(22-14(19)20)11(18)9(16)12(8)21-6-7-4-2-1-3-5-7/h1-5,8-20H,6H2/t8-,9+,10-,11-,12+,13+/m0/s1. The Morgan fingerprint density at radius 1 is 0.818 bits per heavy atom. The van der Waals surface area contributed by atoms with Crippen molar-refractivity contribution in [3.8, 4) is 0 Å². The van der Waals surface area contributed by atoms with Gasteiger partial charge in [-0.15, -0.1) is 0 Å². The zero-order valence-electron chi connectivity index (χ0n) is 11.6. The van der Waals surface area contributed by atoms with Crippen LogP contribution in [-0.2, 0) is 16.1 Å². The number of aliphatic hydroxyl groups excluding tert-OH is 5. The minimum atomic E-state index is -2.25. The molecule has 0 aliphatic heterocycles. The molecule has 22 heavy (non-hydrogen) atoms. The third kappa shape index (κ3) is 3.80. The second-order valence-electron chi connectivity index (χ2n) is 5.15. The fourth-order valence-corrected chi connectivity index (χ4v) is 2.45. The Labute approximate surface area is 126 Å². The molecule has 0 amide bonds. The van der Waals surface area contributed by atoms with Crippen molar-refractivity contribution >= 4 is 0 Å². The van der Waals surface area contributed by atoms with E-state index in [2.05, 4.69) is 4.74 Å². The van der Waals surface area contributed by atoms with E-state index in [1.165, 1.54) is 0 Å². The molecule has 0 heterocycles. The van der Waals surface area contributed by atoms with Crippen molar-refractivity contribution in [1.82, 2.24) is 0 Å². The number of rotatable bonds is 5. The van der Waals surface area contributed by atoms with Crippen LogP contribution in [0.25, 0.3) is 0 Å². The third-order valence-electron chi connectivity index (χ3n) is 3.61. The largest absolute Gasteiger partial charge is 0.387 e. The summed E-state index contributed by atoms with van der Waals surface area (Å²) in [6.07, 6.45) is -9.24. The van der Waals surface area contributed by atoms with Gasteiger partial charge in [0.25, 0.3) is 6.48 Å². The third-order valence-corrected chi connectivity index (χ3v) is 3.61. The second kappa shape index (κ2) is 7.44. The summed E-state index contributed by atoms with van der Waals surface area (Å²) in [4.78, 5) is 0. The van der Waals surface area contributed by atoms with Crippen LogP contribution in [0.5, 0.6) is 0 Å². The molecule has 6 atom stereocenters. The lowest BCUT2D eigenvalue weighted by Gasteiger charge is -2.43. The summed E-state index contributed by atoms with van der Waals surface area (Å²) in [5.41, 5.74) is 0.787. The first-order chi connectivity index (χ1) is 10.4. The average Bonchev–Trinajstić information content (AvgIpc) is 2.50. The smallest absolute Gasteiger partial charge is 0.266 e. The van der Waals surface area contributed by atoms with E-state index in [-0.39, 0.29) is 6.61 Å². The quantitative estimate of drug-likeness (QED) is 0.333. The lowest BCUT2D eigenvalue weighted by atomic mass is 9.84. The van der Waals surface area contributed by atoms with Crippen LogP contribution in [-0.4, -0.2) is 73.7 Å². The number of hydrogen-bond acceptors (Lipinski definition) is 8. The topological polar surface area (TPSA) is 140 Å². The molecular formula is C14H20O8. The van der Waals surface area contributed by atoms with Crippen LogP contribution in [0, 0.1) is 0 Å². The van der Waals surface area contributed by atoms with Crippen LogP contribution in [0.2, 0.25) is 0 Å². The summed E-state index contributed by atoms with van der Waals surface area (Å²) in [5.74, 6) is 0. The van der Waals surface area contributed by atoms with Gasteiger partial charge in [0.1, 0.15) is 36.6 Å². The van der Waals surface area contributed by atoms with Crippen LogP contribution >= 0.6 is 0 Å². The molecule has 6 N–H and O–H groups in total. The van der Waals surface area contributed by atoms with Crippen LogP contribution in [0.15, 0.2) is 30.3 Å². The molecule has 1 fully saturated rings. The van der Waals surface area contributed by atoms with Crippen molar-refractivity contribution in [1.29, 1.82) is 0 Å². The molecule has 8 heteroatoms. The van der Waals surface area contributed by atoms with Crippen LogP contribution < -0.4 is 0 Å². The first-order valence-corrected chi connectivity index (χ1v) is 6.81. The maximum atomic E-state index is 10.00. The maximum absolute atomic E-state index is 10.00. The Hall–Kier alpha value is -1.10. The van der Waals surface area contributed by atoms with E-state index >= 15 is 0 Å². The van der Waals surface area contributed by atoms with Crippen LogP contribution in [0.4, 0.5) is 0 Å². The Morgan fingerprint density at radius 2 is 1.32 bits per heavy atom. The molecule has 1 saturated carbocycles. The van der Waals surface area contributed by atoms with Crippen molar-refractivity contribution < 1.29 is 40.1 Å². The minimum absolute atomic E-state index is 0.0627. The summed E-state index contributed by atoms with van der Waals surface area (Å²) >= 11 is 0. The summed E-state index contributed by atoms with van der Waals surface area (Å²) < 4.78 is 9.89. The lowest BCUT2D eigenvalue weighted by molar-refractivity contribution is -0.319. The molecule has 0 aromatic heterocycles. The highest BCUT2D eigenvalue weighted by atomic mass is 16.7. The van der Waals surface area contributed by atoms with E-state index < -0.39 is 43.1 Å². The molecule has 2 rings (SSSR count). The van der Waals surface area contributed by atoms with Gasteiger partial charge in [-0.2, -0.15) is 0 Å². The van der Waals surface area contributed by atoms with Gasteiger partial charge in [-0.25, -0.2) is 0 Å². The Morgan fingerprint density at radius 3 is 1.82 bits per heavy atom. The van der Waals surface area contributed by atoms with Crippen molar-refractivity contribution in [2.24, 2.45) is 0 Å². The van der Waals surface area contributed by atoms with Crippen molar-refractivity contribution in [3.05, 3.63) is 35.9 Å². The average molecular weight is 316 g/mol. The minimum Gasteiger partial charge on any atom is -0.387 e. The van der Waals surface area contributed by atoms with Gasteiger partial charge in [0.05, 0.1) is 6.61 Å². The van der Waals surface area contributed by atoms with Gasteiger partial charge < -0.3 is 40.1 Å². The van der Waals surface area contributed by atoms with Crippen LogP contribution in [0.1, 0.15) is 5.56 Å². The summed E-state index contributed by atoms with van der Waals surface area (Å²) in [6, 6.07) is 8.97. The molecule has 1 aliphatic carbocycles. The highest BCUT2D eigenvalue weighted by Gasteiger charge is 2.50. The van der Waals surface area contributed by atoms with E-state index in [0.29, 0.717) is 0 Å². The summed E-state index contributed by atoms with van der Waals surface area (Å²) in [6.45, 7) is -2.19. The molecule has 0 bridgehead atoms. The Balaban J connectivity index is 2.03. The number of ether oxygens (including phenoxy) is 2. The van der Waals surface area contributed by atoms with Crippen LogP contribution in [0.3, 0.4) is 0 Å². The van der Waals surface area contributed by atoms with E-state index in [1.807, 2.05) is 6.07 Å².